The van der Waals surface area contributed by atoms with Gasteiger partial charge in [0.05, 0.1) is 12.2 Å². The number of nitrogens with zero attached hydrogens (tertiary/aromatic N) is 4. The Labute approximate surface area is 158 Å². The number of amides is 2. The van der Waals surface area contributed by atoms with Crippen molar-refractivity contribution < 1.29 is 4.79 Å². The quantitative estimate of drug-likeness (QED) is 0.874. The van der Waals surface area contributed by atoms with Gasteiger partial charge in [0.2, 0.25) is 5.95 Å². The summed E-state index contributed by atoms with van der Waals surface area (Å²) in [6, 6.07) is 7.01. The molecule has 0 aliphatic carbocycles. The summed E-state index contributed by atoms with van der Waals surface area (Å²) in [5.41, 5.74) is 2.83. The molecule has 2 aromatic rings. The highest BCUT2D eigenvalue weighted by atomic mass is 35.5. The average molecular weight is 372 g/mol. The first-order chi connectivity index (χ1) is 12.7. The van der Waals surface area contributed by atoms with E-state index in [2.05, 4.69) is 15.2 Å². The van der Waals surface area contributed by atoms with Crippen molar-refractivity contribution in [1.29, 1.82) is 0 Å². The zero-order valence-corrected chi connectivity index (χ0v) is 15.4. The van der Waals surface area contributed by atoms with Gasteiger partial charge in [-0.1, -0.05) is 11.6 Å². The van der Waals surface area contributed by atoms with E-state index in [-0.39, 0.29) is 6.03 Å². The zero-order chi connectivity index (χ0) is 17.9. The van der Waals surface area contributed by atoms with E-state index >= 15 is 0 Å². The van der Waals surface area contributed by atoms with Crippen LogP contribution in [-0.4, -0.2) is 40.5 Å². The second-order valence-corrected chi connectivity index (χ2v) is 7.23. The molecule has 1 fully saturated rings. The summed E-state index contributed by atoms with van der Waals surface area (Å²) in [6.07, 6.45) is 6.35. The van der Waals surface area contributed by atoms with Crippen LogP contribution in [0, 0.1) is 0 Å². The van der Waals surface area contributed by atoms with Gasteiger partial charge in [0, 0.05) is 48.5 Å². The van der Waals surface area contributed by atoms with E-state index in [9.17, 15) is 4.79 Å². The number of nitrogens with one attached hydrogen (secondary N) is 1. The third-order valence-corrected chi connectivity index (χ3v) is 5.19. The molecule has 4 rings (SSSR count). The highest BCUT2D eigenvalue weighted by molar-refractivity contribution is 6.30. The molecule has 2 aliphatic rings. The molecule has 0 atom stereocenters. The first kappa shape index (κ1) is 17.1. The minimum atomic E-state index is -0.113. The maximum atomic E-state index is 12.5. The molecule has 1 aromatic carbocycles. The first-order valence-electron chi connectivity index (χ1n) is 9.10. The molecule has 136 valence electrons. The van der Waals surface area contributed by atoms with Gasteiger partial charge < -0.3 is 15.1 Å². The Morgan fingerprint density at radius 3 is 2.62 bits per heavy atom. The van der Waals surface area contributed by atoms with E-state index in [1.54, 1.807) is 29.2 Å². The summed E-state index contributed by atoms with van der Waals surface area (Å²) in [6.45, 7) is 3.26. The molecule has 0 radical (unpaired) electrons. The van der Waals surface area contributed by atoms with Crippen molar-refractivity contribution in [3.63, 3.8) is 0 Å². The molecular weight excluding hydrogens is 350 g/mol. The van der Waals surface area contributed by atoms with Crippen LogP contribution in [0.25, 0.3) is 0 Å². The molecule has 6 nitrogen and oxygen atoms in total. The summed E-state index contributed by atoms with van der Waals surface area (Å²) in [5.74, 6) is 0.836. The number of halogens is 1. The summed E-state index contributed by atoms with van der Waals surface area (Å²) in [5, 5.41) is 3.56. The molecule has 26 heavy (non-hydrogen) atoms. The van der Waals surface area contributed by atoms with Crippen molar-refractivity contribution in [2.45, 2.75) is 32.2 Å². The Bertz CT molecular complexity index is 789. The molecule has 1 N–H and O–H groups in total. The van der Waals surface area contributed by atoms with E-state index in [1.807, 2.05) is 6.20 Å². The van der Waals surface area contributed by atoms with Crippen LogP contribution in [0.15, 0.2) is 30.5 Å². The fourth-order valence-corrected chi connectivity index (χ4v) is 3.59. The van der Waals surface area contributed by atoms with Gasteiger partial charge in [0.1, 0.15) is 0 Å². The van der Waals surface area contributed by atoms with Gasteiger partial charge in [-0.25, -0.2) is 14.8 Å². The minimum absolute atomic E-state index is 0.113. The molecule has 3 heterocycles. The number of urea groups is 1. The van der Waals surface area contributed by atoms with Crippen molar-refractivity contribution in [2.75, 3.05) is 29.9 Å². The van der Waals surface area contributed by atoms with Crippen LogP contribution in [0.3, 0.4) is 0 Å². The molecule has 0 unspecified atom stereocenters. The largest absolute Gasteiger partial charge is 0.341 e. The number of hydrogen-bond acceptors (Lipinski definition) is 4. The van der Waals surface area contributed by atoms with Crippen LogP contribution in [0.1, 0.15) is 30.5 Å². The molecular formula is C19H22ClN5O. The van der Waals surface area contributed by atoms with Gasteiger partial charge in [-0.05, 0) is 43.5 Å². The average Bonchev–Trinajstić information content (AvgIpc) is 2.69. The Kier molecular flexibility index (Phi) is 4.93. The van der Waals surface area contributed by atoms with Crippen molar-refractivity contribution in [2.24, 2.45) is 0 Å². The highest BCUT2D eigenvalue weighted by Crippen LogP contribution is 2.22. The van der Waals surface area contributed by atoms with Gasteiger partial charge >= 0.3 is 6.03 Å². The van der Waals surface area contributed by atoms with Crippen LogP contribution in [0.2, 0.25) is 5.02 Å². The third-order valence-electron chi connectivity index (χ3n) is 4.94. The van der Waals surface area contributed by atoms with E-state index in [0.29, 0.717) is 18.1 Å². The van der Waals surface area contributed by atoms with Crippen molar-refractivity contribution >= 4 is 29.3 Å². The van der Waals surface area contributed by atoms with E-state index < -0.39 is 0 Å². The van der Waals surface area contributed by atoms with Gasteiger partial charge in [-0.15, -0.1) is 0 Å². The SMILES string of the molecule is O=C(Nc1ccc(Cl)cc1)N1CCc2nc(N3CCCCC3)ncc2C1. The third kappa shape index (κ3) is 3.75. The lowest BCUT2D eigenvalue weighted by atomic mass is 10.1. The summed E-state index contributed by atoms with van der Waals surface area (Å²) < 4.78 is 0. The van der Waals surface area contributed by atoms with Crippen molar-refractivity contribution in [1.82, 2.24) is 14.9 Å². The van der Waals surface area contributed by atoms with Crippen LogP contribution in [-0.2, 0) is 13.0 Å². The Morgan fingerprint density at radius 2 is 1.85 bits per heavy atom. The van der Waals surface area contributed by atoms with Crippen LogP contribution in [0.4, 0.5) is 16.4 Å². The monoisotopic (exact) mass is 371 g/mol. The number of aromatic nitrogens is 2. The highest BCUT2D eigenvalue weighted by Gasteiger charge is 2.23. The predicted molar refractivity (Wildman–Crippen MR) is 103 cm³/mol. The maximum absolute atomic E-state index is 12.5. The lowest BCUT2D eigenvalue weighted by Gasteiger charge is -2.30. The number of carbonyl (C=O) groups is 1. The summed E-state index contributed by atoms with van der Waals surface area (Å²) >= 11 is 5.88. The Balaban J connectivity index is 1.42. The number of anilines is 2. The fourth-order valence-electron chi connectivity index (χ4n) is 3.46. The molecule has 1 saturated heterocycles. The number of rotatable bonds is 2. The van der Waals surface area contributed by atoms with Crippen LogP contribution < -0.4 is 10.2 Å². The Hall–Kier alpha value is -2.34. The summed E-state index contributed by atoms with van der Waals surface area (Å²) in [7, 11) is 0. The fraction of sp³-hybridized carbons (Fsp3) is 0.421. The standard InChI is InChI=1S/C19H22ClN5O/c20-15-4-6-16(7-5-15)22-19(26)25-11-8-17-14(13-25)12-21-18(23-17)24-9-2-1-3-10-24/h4-7,12H,1-3,8-11,13H2,(H,22,26). The predicted octanol–water partition coefficient (Wildman–Crippen LogP) is 3.71. The number of fused-ring (bicyclic) bond motifs is 1. The van der Waals surface area contributed by atoms with E-state index in [4.69, 9.17) is 16.6 Å². The normalized spacial score (nSPS) is 17.0. The number of benzene rings is 1. The minimum Gasteiger partial charge on any atom is -0.341 e. The first-order valence-corrected chi connectivity index (χ1v) is 9.48. The van der Waals surface area contributed by atoms with Gasteiger partial charge in [-0.2, -0.15) is 0 Å². The lowest BCUT2D eigenvalue weighted by molar-refractivity contribution is 0.206. The number of carbonyl (C=O) groups excluding carboxylic acids is 1. The lowest BCUT2D eigenvalue weighted by Crippen LogP contribution is -2.39. The van der Waals surface area contributed by atoms with Crippen LogP contribution >= 0.6 is 11.6 Å². The molecule has 2 amide bonds. The number of hydrogen-bond donors (Lipinski definition) is 1. The molecule has 2 aliphatic heterocycles. The topological polar surface area (TPSA) is 61.4 Å². The van der Waals surface area contributed by atoms with Gasteiger partial charge in [0.15, 0.2) is 0 Å². The molecule has 1 aromatic heterocycles. The van der Waals surface area contributed by atoms with Crippen molar-refractivity contribution in [3.05, 3.63) is 46.7 Å². The second kappa shape index (κ2) is 7.50. The maximum Gasteiger partial charge on any atom is 0.322 e. The van der Waals surface area contributed by atoms with Crippen LogP contribution in [0.5, 0.6) is 0 Å². The van der Waals surface area contributed by atoms with E-state index in [1.165, 1.54) is 19.3 Å². The Morgan fingerprint density at radius 1 is 1.08 bits per heavy atom. The second-order valence-electron chi connectivity index (χ2n) is 6.80. The smallest absolute Gasteiger partial charge is 0.322 e. The molecule has 7 heteroatoms. The summed E-state index contributed by atoms with van der Waals surface area (Å²) in [4.78, 5) is 25.9. The molecule has 0 saturated carbocycles. The van der Waals surface area contributed by atoms with Gasteiger partial charge in [-0.3, -0.25) is 0 Å². The van der Waals surface area contributed by atoms with E-state index in [0.717, 1.165) is 42.4 Å². The molecule has 0 bridgehead atoms. The number of piperidine rings is 1. The molecule has 0 spiro atoms. The van der Waals surface area contributed by atoms with Crippen molar-refractivity contribution in [3.8, 4) is 0 Å². The van der Waals surface area contributed by atoms with Gasteiger partial charge in [0.25, 0.3) is 0 Å². The zero-order valence-electron chi connectivity index (χ0n) is 14.6.